The van der Waals surface area contributed by atoms with Gasteiger partial charge in [0.1, 0.15) is 16.5 Å². The Balaban J connectivity index is 0.00000216. The first-order chi connectivity index (χ1) is 15.7. The number of nitrogens with zero attached hydrogens (tertiary/aromatic N) is 4. The molecule has 0 bridgehead atoms. The van der Waals surface area contributed by atoms with Crippen molar-refractivity contribution in [3.8, 4) is 0 Å². The van der Waals surface area contributed by atoms with Crippen molar-refractivity contribution in [3.05, 3.63) is 40.7 Å². The van der Waals surface area contributed by atoms with Crippen LogP contribution in [0.25, 0.3) is 0 Å². The normalized spacial score (nSPS) is 20.1. The molecule has 1 N–H and O–H groups in total. The molecule has 190 valence electrons. The van der Waals surface area contributed by atoms with E-state index in [1.165, 1.54) is 17.5 Å². The quantitative estimate of drug-likeness (QED) is 0.585. The van der Waals surface area contributed by atoms with Gasteiger partial charge in [-0.05, 0) is 39.2 Å². The van der Waals surface area contributed by atoms with Crippen LogP contribution in [0.2, 0.25) is 0 Å². The minimum absolute atomic E-state index is 0. The van der Waals surface area contributed by atoms with Crippen molar-refractivity contribution in [1.29, 1.82) is 0 Å². The second kappa shape index (κ2) is 10.9. The molecule has 2 aliphatic rings. The fraction of sp³-hybridized carbons (Fsp3) is 0.591. The van der Waals surface area contributed by atoms with E-state index in [1.54, 1.807) is 0 Å². The molecule has 0 aliphatic carbocycles. The number of amides is 1. The molecule has 0 radical (unpaired) electrons. The average molecular weight is 508 g/mol. The van der Waals surface area contributed by atoms with Crippen LogP contribution in [0.4, 0.5) is 27.4 Å². The number of aromatic nitrogens is 2. The summed E-state index contributed by atoms with van der Waals surface area (Å²) in [7, 11) is 0. The number of thiazole rings is 1. The van der Waals surface area contributed by atoms with Crippen LogP contribution in [0.3, 0.4) is 0 Å². The monoisotopic (exact) mass is 507 g/mol. The van der Waals surface area contributed by atoms with Gasteiger partial charge in [0.2, 0.25) is 5.92 Å². The summed E-state index contributed by atoms with van der Waals surface area (Å²) in [5, 5.41) is 3.30. The maximum atomic E-state index is 13.8. The molecule has 1 amide bonds. The van der Waals surface area contributed by atoms with Gasteiger partial charge in [-0.1, -0.05) is 11.3 Å². The lowest BCUT2D eigenvalue weighted by Gasteiger charge is -2.43. The van der Waals surface area contributed by atoms with Gasteiger partial charge in [-0.25, -0.2) is 22.5 Å². The highest BCUT2D eigenvalue weighted by Gasteiger charge is 2.39. The second-order valence-electron chi connectivity index (χ2n) is 8.78. The zero-order valence-corrected chi connectivity index (χ0v) is 19.6. The number of carbonyl (C=O) groups excluding carboxylic acids is 1. The maximum Gasteiger partial charge on any atom is 0.263 e. The van der Waals surface area contributed by atoms with Gasteiger partial charge >= 0.3 is 0 Å². The van der Waals surface area contributed by atoms with Crippen LogP contribution in [0, 0.1) is 17.6 Å². The van der Waals surface area contributed by atoms with E-state index in [9.17, 15) is 22.4 Å². The lowest BCUT2D eigenvalue weighted by atomic mass is 9.90. The number of piperidine rings is 2. The Labute approximate surface area is 200 Å². The average Bonchev–Trinajstić information content (AvgIpc) is 3.28. The number of hydrogen-bond donors (Lipinski definition) is 1. The molecule has 2 saturated heterocycles. The molecule has 6 nitrogen and oxygen atoms in total. The zero-order chi connectivity index (χ0) is 23.6. The summed E-state index contributed by atoms with van der Waals surface area (Å²) in [6, 6.07) is 1.01. The summed E-state index contributed by atoms with van der Waals surface area (Å²) in [6.45, 7) is 3.66. The van der Waals surface area contributed by atoms with E-state index in [1.807, 2.05) is 0 Å². The first-order valence-corrected chi connectivity index (χ1v) is 11.9. The molecule has 2 fully saturated rings. The van der Waals surface area contributed by atoms with Gasteiger partial charge in [-0.2, -0.15) is 0 Å². The molecule has 34 heavy (non-hydrogen) atoms. The smallest absolute Gasteiger partial charge is 0.263 e. The van der Waals surface area contributed by atoms with Crippen molar-refractivity contribution in [2.24, 2.45) is 5.92 Å². The number of hydrogen-bond acceptors (Lipinski definition) is 6. The highest BCUT2D eigenvalue weighted by atomic mass is 32.1. The SMILES string of the molecule is CC(F)(F)C1CCCN(C2CCN(c3ncc(C(=O)NCc4ncc(F)cc4F)s3)CC2)C1.F.[HH]. The summed E-state index contributed by atoms with van der Waals surface area (Å²) in [6.07, 6.45) is 5.48. The van der Waals surface area contributed by atoms with Crippen molar-refractivity contribution in [2.45, 2.75) is 51.1 Å². The molecule has 1 unspecified atom stereocenters. The number of pyridine rings is 1. The van der Waals surface area contributed by atoms with Crippen molar-refractivity contribution in [2.75, 3.05) is 31.1 Å². The molecular weight excluding hydrogens is 477 g/mol. The summed E-state index contributed by atoms with van der Waals surface area (Å²) >= 11 is 1.25. The third-order valence-electron chi connectivity index (χ3n) is 6.44. The van der Waals surface area contributed by atoms with Crippen LogP contribution < -0.4 is 10.2 Å². The van der Waals surface area contributed by atoms with Gasteiger partial charge in [0.25, 0.3) is 5.91 Å². The van der Waals surface area contributed by atoms with Crippen LogP contribution in [0.5, 0.6) is 0 Å². The Morgan fingerprint density at radius 2 is 1.94 bits per heavy atom. The third kappa shape index (κ3) is 6.21. The summed E-state index contributed by atoms with van der Waals surface area (Å²) < 4.78 is 54.2. The number of rotatable bonds is 6. The molecule has 1 atom stereocenters. The van der Waals surface area contributed by atoms with E-state index in [-0.39, 0.29) is 24.4 Å². The van der Waals surface area contributed by atoms with Crippen LogP contribution in [0.1, 0.15) is 49.4 Å². The highest BCUT2D eigenvalue weighted by molar-refractivity contribution is 7.17. The maximum absolute atomic E-state index is 13.8. The molecule has 2 aromatic rings. The van der Waals surface area contributed by atoms with Crippen LogP contribution in [-0.2, 0) is 6.54 Å². The number of carbonyl (C=O) groups is 1. The molecular formula is C22H30F5N5OS. The minimum atomic E-state index is -2.64. The van der Waals surface area contributed by atoms with E-state index in [4.69, 9.17) is 0 Å². The van der Waals surface area contributed by atoms with Crippen LogP contribution >= 0.6 is 11.3 Å². The Kier molecular flexibility index (Phi) is 8.45. The Morgan fingerprint density at radius 3 is 2.62 bits per heavy atom. The van der Waals surface area contributed by atoms with Gasteiger partial charge in [-0.15, -0.1) is 0 Å². The molecule has 0 spiro atoms. The first-order valence-electron chi connectivity index (χ1n) is 11.1. The summed E-state index contributed by atoms with van der Waals surface area (Å²) in [4.78, 5) is 25.1. The van der Waals surface area contributed by atoms with Gasteiger partial charge in [0.05, 0.1) is 24.6 Å². The summed E-state index contributed by atoms with van der Waals surface area (Å²) in [5.41, 5.74) is -0.0441. The lowest BCUT2D eigenvalue weighted by molar-refractivity contribution is -0.0730. The van der Waals surface area contributed by atoms with E-state index < -0.39 is 29.4 Å². The zero-order valence-electron chi connectivity index (χ0n) is 18.8. The molecule has 2 aliphatic heterocycles. The molecule has 0 aromatic carbocycles. The number of likely N-dealkylation sites (tertiary alicyclic amines) is 1. The van der Waals surface area contributed by atoms with Crippen molar-refractivity contribution in [1.82, 2.24) is 20.2 Å². The summed E-state index contributed by atoms with van der Waals surface area (Å²) in [5.74, 6) is -5.22. The van der Waals surface area contributed by atoms with Gasteiger partial charge in [-0.3, -0.25) is 19.4 Å². The van der Waals surface area contributed by atoms with E-state index in [0.717, 1.165) is 63.2 Å². The Morgan fingerprint density at radius 1 is 1.21 bits per heavy atom. The fourth-order valence-corrected chi connectivity index (χ4v) is 5.40. The third-order valence-corrected chi connectivity index (χ3v) is 7.50. The predicted octanol–water partition coefficient (Wildman–Crippen LogP) is 4.48. The van der Waals surface area contributed by atoms with E-state index in [2.05, 4.69) is 25.1 Å². The van der Waals surface area contributed by atoms with E-state index in [0.29, 0.717) is 17.8 Å². The number of halogens is 5. The van der Waals surface area contributed by atoms with E-state index >= 15 is 0 Å². The number of anilines is 1. The molecule has 4 heterocycles. The predicted molar refractivity (Wildman–Crippen MR) is 122 cm³/mol. The Hall–Kier alpha value is -2.34. The van der Waals surface area contributed by atoms with Gasteiger partial charge in [0.15, 0.2) is 5.13 Å². The minimum Gasteiger partial charge on any atom is -0.348 e. The second-order valence-corrected chi connectivity index (χ2v) is 9.79. The number of nitrogens with one attached hydrogen (secondary N) is 1. The van der Waals surface area contributed by atoms with Crippen molar-refractivity contribution < 1.29 is 28.5 Å². The number of alkyl halides is 2. The molecule has 2 aromatic heterocycles. The standard InChI is InChI=1S/C22H27F4N5OS.FH.H2/c1-22(25,26)14-3-2-6-31(13-14)16-4-7-30(8-5-16)21-29-12-19(33-21)20(32)28-11-18-17(24)9-15(23)10-27-18;;/h9-10,12,14,16H,2-8,11,13H2,1H3,(H,28,32);2*1H. The topological polar surface area (TPSA) is 61.4 Å². The lowest BCUT2D eigenvalue weighted by Crippen LogP contribution is -2.50. The first kappa shape index (κ1) is 26.3. The van der Waals surface area contributed by atoms with Gasteiger partial charge < -0.3 is 10.2 Å². The fourth-order valence-electron chi connectivity index (χ4n) is 4.51. The van der Waals surface area contributed by atoms with Crippen LogP contribution in [-0.4, -0.2) is 58.9 Å². The van der Waals surface area contributed by atoms with Crippen LogP contribution in [0.15, 0.2) is 18.5 Å². The largest absolute Gasteiger partial charge is 0.348 e. The van der Waals surface area contributed by atoms with Gasteiger partial charge in [0, 0.05) is 39.1 Å². The molecule has 12 heteroatoms. The molecule has 4 rings (SSSR count). The highest BCUT2D eigenvalue weighted by Crippen LogP contribution is 2.34. The Bertz CT molecular complexity index is 983. The molecule has 0 saturated carbocycles. The van der Waals surface area contributed by atoms with Crippen molar-refractivity contribution in [3.63, 3.8) is 0 Å². The van der Waals surface area contributed by atoms with Crippen molar-refractivity contribution >= 4 is 22.4 Å².